The summed E-state index contributed by atoms with van der Waals surface area (Å²) >= 11 is 0. The fraction of sp³-hybridized carbons (Fsp3) is 0.267. The lowest BCUT2D eigenvalue weighted by Crippen LogP contribution is -2.23. The number of nitrogens with zero attached hydrogens (tertiary/aromatic N) is 2. The van der Waals surface area contributed by atoms with Crippen molar-refractivity contribution >= 4 is 5.69 Å². The van der Waals surface area contributed by atoms with Gasteiger partial charge in [-0.1, -0.05) is 18.2 Å². The zero-order valence-corrected chi connectivity index (χ0v) is 11.2. The van der Waals surface area contributed by atoms with Gasteiger partial charge in [0.1, 0.15) is 0 Å². The van der Waals surface area contributed by atoms with E-state index in [1.807, 2.05) is 6.07 Å². The molecule has 0 amide bonds. The summed E-state index contributed by atoms with van der Waals surface area (Å²) < 4.78 is 15.7. The Kier molecular flexibility index (Phi) is 3.29. The van der Waals surface area contributed by atoms with E-state index in [0.717, 1.165) is 36.6 Å². The molecule has 1 heterocycles. The van der Waals surface area contributed by atoms with Crippen molar-refractivity contribution in [1.82, 2.24) is 4.57 Å². The van der Waals surface area contributed by atoms with Crippen LogP contribution >= 0.6 is 0 Å². The zero-order chi connectivity index (χ0) is 15.0. The highest BCUT2D eigenvalue weighted by Crippen LogP contribution is 2.24. The lowest BCUT2D eigenvalue weighted by molar-refractivity contribution is -0.387. The van der Waals surface area contributed by atoms with Gasteiger partial charge in [-0.15, -0.1) is 0 Å². The largest absolute Gasteiger partial charge is 0.308 e. The molecule has 0 radical (unpaired) electrons. The van der Waals surface area contributed by atoms with Crippen LogP contribution in [0.3, 0.4) is 0 Å². The molecule has 0 fully saturated rings. The van der Waals surface area contributed by atoms with Crippen molar-refractivity contribution in [3.05, 3.63) is 73.4 Å². The molecule has 1 aromatic carbocycles. The predicted octanol–water partition coefficient (Wildman–Crippen LogP) is 2.43. The van der Waals surface area contributed by atoms with E-state index in [0.29, 0.717) is 0 Å². The van der Waals surface area contributed by atoms with Crippen LogP contribution in [0.4, 0.5) is 10.1 Å². The molecule has 1 aliphatic carbocycles. The van der Waals surface area contributed by atoms with Gasteiger partial charge in [0, 0.05) is 23.4 Å². The molecular weight excluding hydrogens is 275 g/mol. The maximum Gasteiger partial charge on any atom is 0.305 e. The number of nitro benzene ring substituents is 1. The molecule has 0 aliphatic heterocycles. The highest BCUT2D eigenvalue weighted by atomic mass is 19.1. The predicted molar refractivity (Wildman–Crippen MR) is 74.9 cm³/mol. The van der Waals surface area contributed by atoms with Gasteiger partial charge in [-0.05, 0) is 24.8 Å². The first kappa shape index (κ1) is 13.5. The third-order valence-electron chi connectivity index (χ3n) is 3.83. The molecular formula is C15H13FN2O3. The van der Waals surface area contributed by atoms with Gasteiger partial charge in [0.25, 0.3) is 5.56 Å². The highest BCUT2D eigenvalue weighted by Gasteiger charge is 2.20. The van der Waals surface area contributed by atoms with E-state index in [4.69, 9.17) is 0 Å². The molecule has 0 bridgehead atoms. The average Bonchev–Trinajstić information content (AvgIpc) is 2.92. The Bertz CT molecular complexity index is 783. The second-order valence-corrected chi connectivity index (χ2v) is 5.09. The number of benzene rings is 1. The summed E-state index contributed by atoms with van der Waals surface area (Å²) in [4.78, 5) is 22.0. The molecule has 0 spiro atoms. The molecule has 21 heavy (non-hydrogen) atoms. The van der Waals surface area contributed by atoms with Gasteiger partial charge >= 0.3 is 5.69 Å². The monoisotopic (exact) mass is 288 g/mol. The van der Waals surface area contributed by atoms with Crippen molar-refractivity contribution in [3.63, 3.8) is 0 Å². The Balaban J connectivity index is 2.06. The van der Waals surface area contributed by atoms with E-state index in [-0.39, 0.29) is 17.7 Å². The molecule has 0 saturated carbocycles. The van der Waals surface area contributed by atoms with E-state index in [9.17, 15) is 19.3 Å². The number of hydrogen-bond donors (Lipinski definition) is 0. The van der Waals surface area contributed by atoms with E-state index in [1.165, 1.54) is 22.8 Å². The van der Waals surface area contributed by atoms with Crippen molar-refractivity contribution in [2.75, 3.05) is 0 Å². The standard InChI is InChI=1S/C15H13FN2O3/c16-15-11(4-2-6-13(15)18(20)21)9-17-12-5-1-3-10(12)7-8-14(17)19/h2,4,6-8H,1,3,5,9H2. The van der Waals surface area contributed by atoms with Gasteiger partial charge in [-0.3, -0.25) is 14.9 Å². The zero-order valence-electron chi connectivity index (χ0n) is 11.2. The highest BCUT2D eigenvalue weighted by molar-refractivity contribution is 5.37. The normalized spacial score (nSPS) is 13.2. The third-order valence-corrected chi connectivity index (χ3v) is 3.83. The van der Waals surface area contributed by atoms with Crippen molar-refractivity contribution < 1.29 is 9.31 Å². The van der Waals surface area contributed by atoms with Crippen LogP contribution in [0.25, 0.3) is 0 Å². The molecule has 108 valence electrons. The smallest absolute Gasteiger partial charge is 0.305 e. The minimum atomic E-state index is -0.870. The number of halogens is 1. The SMILES string of the molecule is O=c1ccc2c(n1Cc1cccc([N+](=O)[O-])c1F)CCC2. The molecule has 0 N–H and O–H groups in total. The van der Waals surface area contributed by atoms with Gasteiger partial charge in [-0.2, -0.15) is 4.39 Å². The van der Waals surface area contributed by atoms with Crippen LogP contribution in [0.1, 0.15) is 23.2 Å². The molecule has 0 atom stereocenters. The first-order chi connectivity index (χ1) is 10.1. The molecule has 6 heteroatoms. The molecule has 3 rings (SSSR count). The Labute approximate surface area is 119 Å². The fourth-order valence-corrected chi connectivity index (χ4v) is 2.81. The second kappa shape index (κ2) is 5.12. The van der Waals surface area contributed by atoms with Gasteiger partial charge in [0.15, 0.2) is 0 Å². The number of aryl methyl sites for hydroxylation is 1. The Hall–Kier alpha value is -2.50. The summed E-state index contributed by atoms with van der Waals surface area (Å²) in [6.45, 7) is 0.0233. The van der Waals surface area contributed by atoms with Gasteiger partial charge in [0.05, 0.1) is 11.5 Å². The number of nitro groups is 1. The minimum absolute atomic E-state index is 0.0233. The number of hydrogen-bond acceptors (Lipinski definition) is 3. The lowest BCUT2D eigenvalue weighted by atomic mass is 10.1. The topological polar surface area (TPSA) is 65.1 Å². The molecule has 2 aromatic rings. The van der Waals surface area contributed by atoms with Crippen LogP contribution in [0, 0.1) is 15.9 Å². The Morgan fingerprint density at radius 3 is 2.81 bits per heavy atom. The quantitative estimate of drug-likeness (QED) is 0.643. The van der Waals surface area contributed by atoms with Gasteiger partial charge < -0.3 is 4.57 Å². The van der Waals surface area contributed by atoms with Crippen LogP contribution < -0.4 is 5.56 Å². The summed E-state index contributed by atoms with van der Waals surface area (Å²) in [5.74, 6) is -0.870. The second-order valence-electron chi connectivity index (χ2n) is 5.09. The molecule has 1 aliphatic rings. The van der Waals surface area contributed by atoms with Crippen LogP contribution in [0.5, 0.6) is 0 Å². The first-order valence-electron chi connectivity index (χ1n) is 6.71. The van der Waals surface area contributed by atoms with Gasteiger partial charge in [0.2, 0.25) is 5.82 Å². The van der Waals surface area contributed by atoms with Crippen molar-refractivity contribution in [2.45, 2.75) is 25.8 Å². The maximum atomic E-state index is 14.1. The minimum Gasteiger partial charge on any atom is -0.308 e. The van der Waals surface area contributed by atoms with Crippen LogP contribution in [0.2, 0.25) is 0 Å². The Morgan fingerprint density at radius 1 is 1.24 bits per heavy atom. The fourth-order valence-electron chi connectivity index (χ4n) is 2.81. The Morgan fingerprint density at radius 2 is 2.05 bits per heavy atom. The summed E-state index contributed by atoms with van der Waals surface area (Å²) in [5.41, 5.74) is 1.40. The number of fused-ring (bicyclic) bond motifs is 1. The first-order valence-corrected chi connectivity index (χ1v) is 6.71. The van der Waals surface area contributed by atoms with Crippen molar-refractivity contribution in [2.24, 2.45) is 0 Å². The van der Waals surface area contributed by atoms with Crippen LogP contribution in [-0.2, 0) is 19.4 Å². The summed E-state index contributed by atoms with van der Waals surface area (Å²) in [7, 11) is 0. The summed E-state index contributed by atoms with van der Waals surface area (Å²) in [5, 5.41) is 10.8. The van der Waals surface area contributed by atoms with Crippen molar-refractivity contribution in [1.29, 1.82) is 0 Å². The summed E-state index contributed by atoms with van der Waals surface area (Å²) in [6, 6.07) is 7.31. The van der Waals surface area contributed by atoms with Crippen molar-refractivity contribution in [3.8, 4) is 0 Å². The van der Waals surface area contributed by atoms with E-state index >= 15 is 0 Å². The molecule has 0 unspecified atom stereocenters. The summed E-state index contributed by atoms with van der Waals surface area (Å²) in [6.07, 6.45) is 2.66. The van der Waals surface area contributed by atoms with Crippen LogP contribution in [-0.4, -0.2) is 9.49 Å². The third kappa shape index (κ3) is 2.33. The van der Waals surface area contributed by atoms with Crippen LogP contribution in [0.15, 0.2) is 35.1 Å². The van der Waals surface area contributed by atoms with E-state index in [1.54, 1.807) is 0 Å². The number of rotatable bonds is 3. The molecule has 5 nitrogen and oxygen atoms in total. The molecule has 0 saturated heterocycles. The number of pyridine rings is 1. The van der Waals surface area contributed by atoms with E-state index < -0.39 is 16.4 Å². The average molecular weight is 288 g/mol. The lowest BCUT2D eigenvalue weighted by Gasteiger charge is -2.12. The van der Waals surface area contributed by atoms with E-state index in [2.05, 4.69) is 0 Å². The molecule has 1 aromatic heterocycles. The number of aromatic nitrogens is 1. The van der Waals surface area contributed by atoms with Gasteiger partial charge in [-0.25, -0.2) is 0 Å². The maximum absolute atomic E-state index is 14.1.